The van der Waals surface area contributed by atoms with Crippen molar-refractivity contribution < 1.29 is 5.48 Å². The number of hydrogen-bond acceptors (Lipinski definition) is 5. The number of hydrogen-bond donors (Lipinski definition) is 1. The normalized spacial score (nSPS) is 11.0. The predicted molar refractivity (Wildman–Crippen MR) is 64.0 cm³/mol. The van der Waals surface area contributed by atoms with Gasteiger partial charge in [-0.1, -0.05) is 11.6 Å². The quantitative estimate of drug-likeness (QED) is 0.537. The minimum Gasteiger partial charge on any atom is -0.630 e. The summed E-state index contributed by atoms with van der Waals surface area (Å²) in [6.07, 6.45) is 8.03. The Balaban J connectivity index is 2.17. The van der Waals surface area contributed by atoms with Crippen LogP contribution < -0.4 is 5.48 Å². The third kappa shape index (κ3) is 1.70. The van der Waals surface area contributed by atoms with Crippen molar-refractivity contribution in [3.8, 4) is 11.4 Å². The van der Waals surface area contributed by atoms with Crippen LogP contribution in [-0.4, -0.2) is 24.6 Å². The fraction of sp³-hybridized carbons (Fsp3) is 0. The number of nitrogens with two attached hydrogens (primary N) is 1. The van der Waals surface area contributed by atoms with Gasteiger partial charge in [0, 0.05) is 12.4 Å². The third-order valence-corrected chi connectivity index (χ3v) is 2.76. The predicted octanol–water partition coefficient (Wildman–Crippen LogP) is 0.532. The van der Waals surface area contributed by atoms with E-state index in [1.54, 1.807) is 29.3 Å². The first-order valence-electron chi connectivity index (χ1n) is 5.05. The molecule has 3 heterocycles. The first-order chi connectivity index (χ1) is 8.79. The van der Waals surface area contributed by atoms with Crippen LogP contribution in [0.25, 0.3) is 16.9 Å². The highest BCUT2D eigenvalue weighted by molar-refractivity contribution is 6.31. The molecule has 0 aliphatic carbocycles. The fourth-order valence-electron chi connectivity index (χ4n) is 1.59. The molecular formula is C10H7ClN6O. The molecule has 0 saturated carbocycles. The SMILES string of the molecule is [O-][NH2+]c1cnc(-c2cnn3ccncc23)nc1Cl. The number of halogens is 1. The van der Waals surface area contributed by atoms with Gasteiger partial charge in [-0.25, -0.2) is 14.5 Å². The Morgan fingerprint density at radius 1 is 1.28 bits per heavy atom. The summed E-state index contributed by atoms with van der Waals surface area (Å²) in [7, 11) is 0. The van der Waals surface area contributed by atoms with Crippen LogP contribution in [0.5, 0.6) is 0 Å². The molecule has 7 nitrogen and oxygen atoms in total. The molecule has 0 amide bonds. The Labute approximate surface area is 106 Å². The van der Waals surface area contributed by atoms with Gasteiger partial charge >= 0.3 is 0 Å². The maximum absolute atomic E-state index is 10.6. The first kappa shape index (κ1) is 11.0. The van der Waals surface area contributed by atoms with Crippen molar-refractivity contribution >= 4 is 22.8 Å². The lowest BCUT2D eigenvalue weighted by atomic mass is 10.3. The zero-order valence-corrected chi connectivity index (χ0v) is 9.74. The number of rotatable bonds is 2. The molecule has 0 spiro atoms. The summed E-state index contributed by atoms with van der Waals surface area (Å²) in [5.74, 6) is 0.411. The molecule has 3 aromatic rings. The molecule has 2 N–H and O–H groups in total. The minimum absolute atomic E-state index is 0.123. The van der Waals surface area contributed by atoms with Crippen molar-refractivity contribution in [2.45, 2.75) is 0 Å². The average molecular weight is 263 g/mol. The van der Waals surface area contributed by atoms with Crippen molar-refractivity contribution in [1.29, 1.82) is 0 Å². The molecule has 0 bridgehead atoms. The molecule has 18 heavy (non-hydrogen) atoms. The lowest BCUT2D eigenvalue weighted by Crippen LogP contribution is -2.70. The Morgan fingerprint density at radius 2 is 2.17 bits per heavy atom. The highest BCUT2D eigenvalue weighted by atomic mass is 35.5. The smallest absolute Gasteiger partial charge is 0.194 e. The van der Waals surface area contributed by atoms with E-state index >= 15 is 0 Å². The molecule has 3 aromatic heterocycles. The van der Waals surface area contributed by atoms with Gasteiger partial charge in [0.1, 0.15) is 0 Å². The highest BCUT2D eigenvalue weighted by Crippen LogP contribution is 2.23. The molecule has 8 heteroatoms. The van der Waals surface area contributed by atoms with Gasteiger partial charge in [-0.2, -0.15) is 5.10 Å². The molecule has 0 radical (unpaired) electrons. The van der Waals surface area contributed by atoms with E-state index in [1.807, 2.05) is 0 Å². The molecule has 0 saturated heterocycles. The summed E-state index contributed by atoms with van der Waals surface area (Å²) in [6.45, 7) is 0. The van der Waals surface area contributed by atoms with E-state index in [9.17, 15) is 5.21 Å². The van der Waals surface area contributed by atoms with Gasteiger partial charge in [-0.15, -0.1) is 0 Å². The fourth-order valence-corrected chi connectivity index (χ4v) is 1.76. The molecule has 90 valence electrons. The molecule has 0 aliphatic heterocycles. The third-order valence-electron chi connectivity index (χ3n) is 2.46. The van der Waals surface area contributed by atoms with Gasteiger partial charge < -0.3 is 10.7 Å². The Morgan fingerprint density at radius 3 is 2.94 bits per heavy atom. The lowest BCUT2D eigenvalue weighted by Gasteiger charge is -2.03. The van der Waals surface area contributed by atoms with Crippen LogP contribution in [0, 0.1) is 5.21 Å². The van der Waals surface area contributed by atoms with Crippen molar-refractivity contribution in [2.24, 2.45) is 0 Å². The molecule has 0 atom stereocenters. The van der Waals surface area contributed by atoms with Crippen LogP contribution in [0.15, 0.2) is 31.0 Å². The van der Waals surface area contributed by atoms with Crippen LogP contribution in [0.3, 0.4) is 0 Å². The highest BCUT2D eigenvalue weighted by Gasteiger charge is 2.12. The van der Waals surface area contributed by atoms with Crippen LogP contribution in [0.1, 0.15) is 0 Å². The summed E-state index contributed by atoms with van der Waals surface area (Å²) in [4.78, 5) is 12.2. The summed E-state index contributed by atoms with van der Waals surface area (Å²) in [5, 5.41) is 14.9. The summed E-state index contributed by atoms with van der Waals surface area (Å²) >= 11 is 5.87. The lowest BCUT2D eigenvalue weighted by molar-refractivity contribution is -0.497. The van der Waals surface area contributed by atoms with Crippen molar-refractivity contribution in [1.82, 2.24) is 24.6 Å². The second-order valence-electron chi connectivity index (χ2n) is 3.52. The summed E-state index contributed by atoms with van der Waals surface area (Å²) in [6, 6.07) is 0. The minimum atomic E-state index is 0.123. The largest absolute Gasteiger partial charge is 0.630 e. The topological polar surface area (TPSA) is 95.6 Å². The standard InChI is InChI=1S/C10H7ClN6O/c11-9-7(16-18)4-13-10(15-9)6-3-14-17-2-1-12-5-8(6)17/h1-5H,16H2. The van der Waals surface area contributed by atoms with E-state index in [1.165, 1.54) is 6.20 Å². The van der Waals surface area contributed by atoms with Gasteiger partial charge in [-0.05, 0) is 0 Å². The van der Waals surface area contributed by atoms with E-state index in [4.69, 9.17) is 11.6 Å². The van der Waals surface area contributed by atoms with Gasteiger partial charge in [0.25, 0.3) is 0 Å². The van der Waals surface area contributed by atoms with Crippen molar-refractivity contribution in [3.63, 3.8) is 0 Å². The number of nitrogens with zero attached hydrogens (tertiary/aromatic N) is 5. The van der Waals surface area contributed by atoms with E-state index in [2.05, 4.69) is 20.1 Å². The first-order valence-corrected chi connectivity index (χ1v) is 5.43. The Kier molecular flexibility index (Phi) is 2.63. The van der Waals surface area contributed by atoms with E-state index in [0.717, 1.165) is 5.52 Å². The second-order valence-corrected chi connectivity index (χ2v) is 3.88. The molecule has 0 aromatic carbocycles. The van der Waals surface area contributed by atoms with Gasteiger partial charge in [0.2, 0.25) is 0 Å². The van der Waals surface area contributed by atoms with Crippen LogP contribution in [0.4, 0.5) is 5.69 Å². The van der Waals surface area contributed by atoms with E-state index in [-0.39, 0.29) is 10.8 Å². The Bertz CT molecular complexity index is 712. The maximum Gasteiger partial charge on any atom is 0.194 e. The number of quaternary nitrogens is 1. The monoisotopic (exact) mass is 262 g/mol. The number of fused-ring (bicyclic) bond motifs is 1. The molecular weight excluding hydrogens is 256 g/mol. The average Bonchev–Trinajstić information content (AvgIpc) is 2.82. The molecule has 3 rings (SSSR count). The second kappa shape index (κ2) is 4.30. The van der Waals surface area contributed by atoms with Crippen LogP contribution >= 0.6 is 11.6 Å². The van der Waals surface area contributed by atoms with Gasteiger partial charge in [0.15, 0.2) is 16.7 Å². The molecule has 0 aliphatic rings. The van der Waals surface area contributed by atoms with Crippen molar-refractivity contribution in [2.75, 3.05) is 0 Å². The molecule has 0 unspecified atom stereocenters. The van der Waals surface area contributed by atoms with Gasteiger partial charge in [0.05, 0.1) is 29.7 Å². The van der Waals surface area contributed by atoms with Crippen LogP contribution in [0.2, 0.25) is 5.15 Å². The summed E-state index contributed by atoms with van der Waals surface area (Å²) in [5.41, 5.74) is 2.36. The van der Waals surface area contributed by atoms with E-state index < -0.39 is 0 Å². The zero-order chi connectivity index (χ0) is 12.5. The Hall–Kier alpha value is -2.09. The van der Waals surface area contributed by atoms with Gasteiger partial charge in [-0.3, -0.25) is 4.98 Å². The van der Waals surface area contributed by atoms with Crippen molar-refractivity contribution in [3.05, 3.63) is 41.3 Å². The van der Waals surface area contributed by atoms with E-state index in [0.29, 0.717) is 16.9 Å². The van der Waals surface area contributed by atoms with Crippen LogP contribution in [-0.2, 0) is 0 Å². The zero-order valence-electron chi connectivity index (χ0n) is 8.99. The summed E-state index contributed by atoms with van der Waals surface area (Å²) < 4.78 is 1.66. The maximum atomic E-state index is 10.6. The number of aromatic nitrogens is 5. The molecule has 0 fully saturated rings.